The molecule has 0 bridgehead atoms. The van der Waals surface area contributed by atoms with Gasteiger partial charge in [-0.2, -0.15) is 0 Å². The van der Waals surface area contributed by atoms with Crippen LogP contribution in [0.4, 0.5) is 0 Å². The van der Waals surface area contributed by atoms with Gasteiger partial charge in [-0.05, 0) is 99.2 Å². The predicted octanol–water partition coefficient (Wildman–Crippen LogP) is 10.6. The van der Waals surface area contributed by atoms with E-state index < -0.39 is 8.41 Å². The molecule has 0 amide bonds. The van der Waals surface area contributed by atoms with Crippen LogP contribution in [-0.4, -0.2) is 13.0 Å². The second-order valence-electron chi connectivity index (χ2n) is 14.1. The third-order valence-electron chi connectivity index (χ3n) is 11.0. The van der Waals surface area contributed by atoms with Gasteiger partial charge in [0.25, 0.3) is 0 Å². The van der Waals surface area contributed by atoms with Crippen molar-refractivity contribution in [2.45, 2.75) is 44.7 Å². The van der Waals surface area contributed by atoms with Crippen molar-refractivity contribution in [1.82, 2.24) is 4.57 Å². The predicted molar refractivity (Wildman–Crippen MR) is 196 cm³/mol. The summed E-state index contributed by atoms with van der Waals surface area (Å²) in [6.45, 7) is 4.92. The zero-order valence-electron chi connectivity index (χ0n) is 26.6. The average molecular weight is 608 g/mol. The molecule has 1 heterocycles. The summed E-state index contributed by atoms with van der Waals surface area (Å²) >= 11 is 0. The molecule has 4 aliphatic carbocycles. The SMILES string of the molecule is C[Si](C)=c1ccc2c(c1-c1ccccc1)C(C1C(C3CC3)=Cc3c1cccc3-n1c3ccccc3c3ccccc31)=C(C1CC1)C=2. The molecule has 1 nitrogen and oxygen atoms in total. The monoisotopic (exact) mass is 607 g/mol. The van der Waals surface area contributed by atoms with Gasteiger partial charge in [0, 0.05) is 30.7 Å². The van der Waals surface area contributed by atoms with Gasteiger partial charge < -0.3 is 4.57 Å². The van der Waals surface area contributed by atoms with Crippen LogP contribution in [0.25, 0.3) is 56.3 Å². The number of allylic oxidation sites excluding steroid dienone is 3. The molecule has 1 aromatic heterocycles. The van der Waals surface area contributed by atoms with Crippen LogP contribution in [0.5, 0.6) is 0 Å². The Hall–Kier alpha value is -4.53. The van der Waals surface area contributed by atoms with Crippen molar-refractivity contribution in [2.24, 2.45) is 11.8 Å². The Labute approximate surface area is 272 Å². The van der Waals surface area contributed by atoms with Crippen molar-refractivity contribution in [3.8, 4) is 16.8 Å². The van der Waals surface area contributed by atoms with E-state index in [1.165, 1.54) is 86.2 Å². The second-order valence-corrected chi connectivity index (χ2v) is 16.6. The van der Waals surface area contributed by atoms with E-state index in [-0.39, 0.29) is 0 Å². The number of hydrogen-bond donors (Lipinski definition) is 0. The molecule has 1 atom stereocenters. The molecule has 0 N–H and O–H groups in total. The number of hydrogen-bond acceptors (Lipinski definition) is 0. The van der Waals surface area contributed by atoms with E-state index in [9.17, 15) is 0 Å². The van der Waals surface area contributed by atoms with Gasteiger partial charge in [-0.3, -0.25) is 0 Å². The molecule has 46 heavy (non-hydrogen) atoms. The van der Waals surface area contributed by atoms with E-state index in [1.807, 2.05) is 0 Å². The largest absolute Gasteiger partial charge is 0.309 e. The van der Waals surface area contributed by atoms with Crippen molar-refractivity contribution in [2.75, 3.05) is 0 Å². The summed E-state index contributed by atoms with van der Waals surface area (Å²) in [5.74, 6) is 1.68. The number of nitrogens with zero attached hydrogens (tertiary/aromatic N) is 1. The van der Waals surface area contributed by atoms with Crippen molar-refractivity contribution >= 4 is 47.9 Å². The minimum absolute atomic E-state index is 0.311. The first-order valence-electron chi connectivity index (χ1n) is 17.1. The Morgan fingerprint density at radius 1 is 0.609 bits per heavy atom. The first-order valence-corrected chi connectivity index (χ1v) is 19.6. The molecule has 2 fully saturated rings. The number of para-hydroxylation sites is 2. The normalized spacial score (nSPS) is 18.6. The maximum atomic E-state index is 2.63. The van der Waals surface area contributed by atoms with Crippen LogP contribution in [0, 0.1) is 16.7 Å². The van der Waals surface area contributed by atoms with Crippen LogP contribution >= 0.6 is 0 Å². The molecule has 222 valence electrons. The number of fused-ring (bicyclic) bond motifs is 5. The number of benzene rings is 5. The van der Waals surface area contributed by atoms with Crippen molar-refractivity contribution < 1.29 is 0 Å². The standard InChI is InChI=1S/C44H37NSi/c1-46(2)40-24-23-30-25-34(27-19-20-27)44(42(30)41(40)29-11-4-3-5-12-29)43-33-15-10-18-39(36(33)26-35(43)28-21-22-28)45-37-16-8-6-13-31(37)32-14-7-9-17-38(32)45/h3-18,23-28,43H,19-22H2,1-2H3. The summed E-state index contributed by atoms with van der Waals surface area (Å²) in [7, 11) is -0.686. The number of aromatic nitrogens is 1. The highest BCUT2D eigenvalue weighted by Crippen LogP contribution is 2.58. The summed E-state index contributed by atoms with van der Waals surface area (Å²) in [4.78, 5) is 1.56. The highest BCUT2D eigenvalue weighted by molar-refractivity contribution is 6.48. The van der Waals surface area contributed by atoms with Gasteiger partial charge >= 0.3 is 0 Å². The topological polar surface area (TPSA) is 4.93 Å². The van der Waals surface area contributed by atoms with E-state index in [0.717, 1.165) is 0 Å². The molecule has 1 unspecified atom stereocenters. The van der Waals surface area contributed by atoms with Gasteiger partial charge in [0.1, 0.15) is 0 Å². The number of rotatable bonds is 5. The van der Waals surface area contributed by atoms with Crippen molar-refractivity contribution in [3.05, 3.63) is 147 Å². The van der Waals surface area contributed by atoms with Crippen LogP contribution in [0.3, 0.4) is 0 Å². The summed E-state index contributed by atoms with van der Waals surface area (Å²) in [6.07, 6.45) is 10.5. The fraction of sp³-hybridized carbons (Fsp3) is 0.205. The average Bonchev–Trinajstić information content (AvgIpc) is 4.02. The lowest BCUT2D eigenvalue weighted by molar-refractivity contribution is 0.889. The van der Waals surface area contributed by atoms with Gasteiger partial charge in [0.15, 0.2) is 0 Å². The first kappa shape index (κ1) is 26.7. The van der Waals surface area contributed by atoms with Crippen LogP contribution in [0.15, 0.2) is 120 Å². The van der Waals surface area contributed by atoms with E-state index >= 15 is 0 Å². The fourth-order valence-corrected chi connectivity index (χ4v) is 9.85. The summed E-state index contributed by atoms with van der Waals surface area (Å²) in [5, 5.41) is 4.09. The van der Waals surface area contributed by atoms with Crippen LogP contribution in [0.2, 0.25) is 13.1 Å². The minimum Gasteiger partial charge on any atom is -0.309 e. The molecular formula is C44H37NSi. The van der Waals surface area contributed by atoms with Crippen molar-refractivity contribution in [3.63, 3.8) is 0 Å². The minimum atomic E-state index is -0.686. The van der Waals surface area contributed by atoms with Crippen molar-refractivity contribution in [1.29, 1.82) is 0 Å². The molecule has 2 saturated carbocycles. The summed E-state index contributed by atoms with van der Waals surface area (Å²) < 4.78 is 2.54. The van der Waals surface area contributed by atoms with Gasteiger partial charge in [-0.15, -0.1) is 0 Å². The van der Waals surface area contributed by atoms with Crippen LogP contribution in [-0.2, 0) is 0 Å². The molecule has 6 aromatic rings. The maximum absolute atomic E-state index is 2.63. The lowest BCUT2D eigenvalue weighted by atomic mass is 9.79. The highest BCUT2D eigenvalue weighted by atomic mass is 28.2. The zero-order valence-corrected chi connectivity index (χ0v) is 27.6. The lowest BCUT2D eigenvalue weighted by Gasteiger charge is -2.25. The third kappa shape index (κ3) is 3.89. The quantitative estimate of drug-likeness (QED) is 0.172. The molecule has 10 rings (SSSR count). The highest BCUT2D eigenvalue weighted by Gasteiger charge is 2.43. The Morgan fingerprint density at radius 3 is 1.96 bits per heavy atom. The van der Waals surface area contributed by atoms with Gasteiger partial charge in [-0.1, -0.05) is 122 Å². The molecule has 0 radical (unpaired) electrons. The third-order valence-corrected chi connectivity index (χ3v) is 12.5. The van der Waals surface area contributed by atoms with E-state index in [1.54, 1.807) is 21.5 Å². The zero-order chi connectivity index (χ0) is 30.5. The fourth-order valence-electron chi connectivity index (χ4n) is 8.66. The Kier molecular flexibility index (Phi) is 5.79. The Balaban J connectivity index is 1.26. The van der Waals surface area contributed by atoms with Crippen LogP contribution < -0.4 is 5.22 Å². The van der Waals surface area contributed by atoms with E-state index in [0.29, 0.717) is 17.8 Å². The molecule has 0 saturated heterocycles. The molecule has 5 aromatic carbocycles. The maximum Gasteiger partial charge on any atom is 0.0541 e. The lowest BCUT2D eigenvalue weighted by Crippen LogP contribution is -2.13. The van der Waals surface area contributed by atoms with E-state index in [4.69, 9.17) is 0 Å². The van der Waals surface area contributed by atoms with Gasteiger partial charge in [-0.25, -0.2) is 0 Å². The Morgan fingerprint density at radius 2 is 1.28 bits per heavy atom. The van der Waals surface area contributed by atoms with Crippen LogP contribution in [0.1, 0.15) is 48.3 Å². The Bertz CT molecular complexity index is 2390. The molecule has 0 spiro atoms. The second kappa shape index (κ2) is 9.98. The molecule has 4 aliphatic rings. The first-order chi connectivity index (χ1) is 22.7. The smallest absolute Gasteiger partial charge is 0.0541 e. The molecule has 2 heteroatoms. The van der Waals surface area contributed by atoms with E-state index in [2.05, 4.69) is 139 Å². The van der Waals surface area contributed by atoms with Gasteiger partial charge in [0.05, 0.1) is 16.7 Å². The summed E-state index contributed by atoms with van der Waals surface area (Å²) in [5.41, 5.74) is 16.1. The summed E-state index contributed by atoms with van der Waals surface area (Å²) in [6, 6.07) is 41.2. The molecular weight excluding hydrogens is 571 g/mol. The van der Waals surface area contributed by atoms with Gasteiger partial charge in [0.2, 0.25) is 0 Å². The molecule has 0 aliphatic heterocycles.